The van der Waals surface area contributed by atoms with Gasteiger partial charge in [-0.1, -0.05) is 0 Å². The van der Waals surface area contributed by atoms with Crippen molar-refractivity contribution in [1.82, 2.24) is 5.32 Å². The zero-order valence-electron chi connectivity index (χ0n) is 19.2. The van der Waals surface area contributed by atoms with Gasteiger partial charge in [-0.15, -0.1) is 0 Å². The number of hydrogen-bond acceptors (Lipinski definition) is 6. The molecule has 1 saturated heterocycles. The molecule has 34 heavy (non-hydrogen) atoms. The molecular formula is C26H27F2N3O3. The van der Waals surface area contributed by atoms with Crippen molar-refractivity contribution in [3.05, 3.63) is 75.0 Å². The number of halogens is 2. The van der Waals surface area contributed by atoms with Gasteiger partial charge in [0.15, 0.2) is 11.3 Å². The highest BCUT2D eigenvalue weighted by Crippen LogP contribution is 2.38. The zero-order chi connectivity index (χ0) is 23.8. The number of morpholine rings is 1. The molecule has 0 radical (unpaired) electrons. The van der Waals surface area contributed by atoms with Gasteiger partial charge in [0.25, 0.3) is 0 Å². The summed E-state index contributed by atoms with van der Waals surface area (Å²) in [7, 11) is 1.87. The molecule has 6 nitrogen and oxygen atoms in total. The smallest absolute Gasteiger partial charge is 0.200 e. The predicted octanol–water partition coefficient (Wildman–Crippen LogP) is 4.81. The molecule has 8 heteroatoms. The lowest BCUT2D eigenvalue weighted by Gasteiger charge is -2.27. The normalized spacial score (nSPS) is 16.5. The largest absolute Gasteiger partial charge is 0.440 e. The van der Waals surface area contributed by atoms with Gasteiger partial charge >= 0.3 is 0 Å². The van der Waals surface area contributed by atoms with E-state index in [-0.39, 0.29) is 5.43 Å². The first kappa shape index (κ1) is 22.4. The Kier molecular flexibility index (Phi) is 6.00. The van der Waals surface area contributed by atoms with Crippen molar-refractivity contribution in [2.45, 2.75) is 25.8 Å². The Morgan fingerprint density at radius 1 is 1.03 bits per heavy atom. The summed E-state index contributed by atoms with van der Waals surface area (Å²) in [5, 5.41) is 6.90. The number of nitrogens with one attached hydrogen (secondary N) is 2. The van der Waals surface area contributed by atoms with E-state index < -0.39 is 17.7 Å². The first-order chi connectivity index (χ1) is 16.4. The van der Waals surface area contributed by atoms with Crippen LogP contribution in [0.15, 0.2) is 51.2 Å². The summed E-state index contributed by atoms with van der Waals surface area (Å²) in [6.07, 6.45) is 2.04. The number of benzene rings is 2. The third kappa shape index (κ3) is 4.50. The van der Waals surface area contributed by atoms with Crippen molar-refractivity contribution in [3.8, 4) is 0 Å². The summed E-state index contributed by atoms with van der Waals surface area (Å²) in [4.78, 5) is 15.2. The molecule has 2 fully saturated rings. The molecule has 1 aliphatic carbocycles. The number of fused-ring (bicyclic) bond motifs is 1. The van der Waals surface area contributed by atoms with Gasteiger partial charge in [-0.2, -0.15) is 0 Å². The molecule has 5 rings (SSSR count). The monoisotopic (exact) mass is 467 g/mol. The van der Waals surface area contributed by atoms with Crippen molar-refractivity contribution < 1.29 is 17.9 Å². The van der Waals surface area contributed by atoms with Crippen LogP contribution in [0.5, 0.6) is 0 Å². The second kappa shape index (κ2) is 9.10. The van der Waals surface area contributed by atoms with E-state index in [2.05, 4.69) is 10.6 Å². The first-order valence-electron chi connectivity index (χ1n) is 11.5. The van der Waals surface area contributed by atoms with Crippen LogP contribution in [0, 0.1) is 11.6 Å². The second-order valence-corrected chi connectivity index (χ2v) is 8.74. The van der Waals surface area contributed by atoms with Crippen LogP contribution in [0.3, 0.4) is 0 Å². The average molecular weight is 468 g/mol. The van der Waals surface area contributed by atoms with E-state index in [0.29, 0.717) is 48.8 Å². The predicted molar refractivity (Wildman–Crippen MR) is 129 cm³/mol. The molecule has 178 valence electrons. The quantitative estimate of drug-likeness (QED) is 0.543. The Hall–Kier alpha value is -3.39. The first-order valence-corrected chi connectivity index (χ1v) is 11.5. The summed E-state index contributed by atoms with van der Waals surface area (Å²) >= 11 is 0. The number of allylic oxidation sites excluding steroid dienone is 1. The minimum Gasteiger partial charge on any atom is -0.440 e. The van der Waals surface area contributed by atoms with Gasteiger partial charge in [0.05, 0.1) is 24.6 Å². The Morgan fingerprint density at radius 2 is 1.74 bits per heavy atom. The molecule has 2 heterocycles. The molecule has 0 amide bonds. The van der Waals surface area contributed by atoms with Crippen molar-refractivity contribution in [2.75, 3.05) is 43.6 Å². The van der Waals surface area contributed by atoms with Crippen LogP contribution in [0.25, 0.3) is 16.7 Å². The summed E-state index contributed by atoms with van der Waals surface area (Å²) in [5.74, 6) is -0.830. The Bertz CT molecular complexity index is 1300. The summed E-state index contributed by atoms with van der Waals surface area (Å²) in [6, 6.07) is 8.30. The maximum atomic E-state index is 13.8. The van der Waals surface area contributed by atoms with E-state index >= 15 is 0 Å². The topological polar surface area (TPSA) is 66.7 Å². The Labute approximate surface area is 196 Å². The van der Waals surface area contributed by atoms with Crippen LogP contribution in [0.4, 0.5) is 20.4 Å². The van der Waals surface area contributed by atoms with Crippen LogP contribution in [-0.4, -0.2) is 33.4 Å². The fourth-order valence-electron chi connectivity index (χ4n) is 4.48. The van der Waals surface area contributed by atoms with E-state index in [1.807, 2.05) is 31.0 Å². The number of anilines is 2. The molecule has 2 aliphatic rings. The van der Waals surface area contributed by atoms with E-state index in [1.165, 1.54) is 23.8 Å². The fraction of sp³-hybridized carbons (Fsp3) is 0.346. The maximum Gasteiger partial charge on any atom is 0.200 e. The molecule has 2 N–H and O–H groups in total. The van der Waals surface area contributed by atoms with Gasteiger partial charge in [0, 0.05) is 49.2 Å². The molecule has 1 unspecified atom stereocenters. The molecule has 1 aliphatic heterocycles. The number of nitrogens with zero attached hydrogens (tertiary/aromatic N) is 1. The minimum absolute atomic E-state index is 0.133. The van der Waals surface area contributed by atoms with Crippen molar-refractivity contribution in [3.63, 3.8) is 0 Å². The molecule has 1 aromatic heterocycles. The summed E-state index contributed by atoms with van der Waals surface area (Å²) < 4.78 is 39.3. The summed E-state index contributed by atoms with van der Waals surface area (Å²) in [5.41, 5.74) is 4.57. The van der Waals surface area contributed by atoms with E-state index in [9.17, 15) is 13.6 Å². The minimum atomic E-state index is -0.662. The lowest BCUT2D eigenvalue weighted by Crippen LogP contribution is -2.36. The third-order valence-electron chi connectivity index (χ3n) is 6.27. The SMILES string of the molecule is CNC(=C1CC1)c1cc(C(C)Nc2cc(F)cc(F)c2)c2oc(N3CCOCC3)cc(=O)c2c1. The molecule has 1 saturated carbocycles. The van der Waals surface area contributed by atoms with Crippen LogP contribution in [-0.2, 0) is 4.74 Å². The van der Waals surface area contributed by atoms with Crippen molar-refractivity contribution in [1.29, 1.82) is 0 Å². The molecule has 3 aromatic rings. The van der Waals surface area contributed by atoms with Crippen molar-refractivity contribution >= 4 is 28.2 Å². The highest BCUT2D eigenvalue weighted by molar-refractivity contribution is 5.87. The molecule has 0 spiro atoms. The Balaban J connectivity index is 1.64. The van der Waals surface area contributed by atoms with Crippen LogP contribution in [0.1, 0.15) is 36.9 Å². The van der Waals surface area contributed by atoms with Crippen LogP contribution < -0.4 is 21.0 Å². The van der Waals surface area contributed by atoms with Gasteiger partial charge < -0.3 is 24.7 Å². The van der Waals surface area contributed by atoms with E-state index in [4.69, 9.17) is 9.15 Å². The second-order valence-electron chi connectivity index (χ2n) is 8.74. The van der Waals surface area contributed by atoms with Gasteiger partial charge in [-0.3, -0.25) is 4.79 Å². The highest BCUT2D eigenvalue weighted by atomic mass is 19.1. The standard InChI is InChI=1S/C26H27F2N3O3/c1-15(30-20-12-18(27)11-19(28)13-20)21-9-17(25(29-2)16-3-4-16)10-22-23(32)14-24(34-26(21)22)31-5-7-33-8-6-31/h9-15,29-30H,3-8H2,1-2H3. The van der Waals surface area contributed by atoms with Gasteiger partial charge in [0.1, 0.15) is 17.2 Å². The van der Waals surface area contributed by atoms with E-state index in [1.54, 1.807) is 0 Å². The van der Waals surface area contributed by atoms with Gasteiger partial charge in [-0.05, 0) is 55.2 Å². The highest BCUT2D eigenvalue weighted by Gasteiger charge is 2.23. The summed E-state index contributed by atoms with van der Waals surface area (Å²) in [6.45, 7) is 4.28. The third-order valence-corrected chi connectivity index (χ3v) is 6.27. The number of rotatable bonds is 6. The maximum absolute atomic E-state index is 13.8. The van der Waals surface area contributed by atoms with Gasteiger partial charge in [0.2, 0.25) is 0 Å². The average Bonchev–Trinajstić information content (AvgIpc) is 3.64. The lowest BCUT2D eigenvalue weighted by molar-refractivity contribution is 0.121. The van der Waals surface area contributed by atoms with Gasteiger partial charge in [-0.25, -0.2) is 8.78 Å². The molecule has 1 atom stereocenters. The Morgan fingerprint density at radius 3 is 2.38 bits per heavy atom. The fourth-order valence-corrected chi connectivity index (χ4v) is 4.48. The van der Waals surface area contributed by atoms with Crippen LogP contribution in [0.2, 0.25) is 0 Å². The molecular weight excluding hydrogens is 440 g/mol. The molecule has 0 bridgehead atoms. The van der Waals surface area contributed by atoms with E-state index in [0.717, 1.165) is 35.7 Å². The zero-order valence-corrected chi connectivity index (χ0v) is 19.2. The number of hydrogen-bond donors (Lipinski definition) is 2. The number of ether oxygens (including phenoxy) is 1. The van der Waals surface area contributed by atoms with Crippen molar-refractivity contribution in [2.24, 2.45) is 0 Å². The lowest BCUT2D eigenvalue weighted by atomic mass is 9.98. The molecule has 2 aromatic carbocycles. The van der Waals surface area contributed by atoms with Crippen LogP contribution >= 0.6 is 0 Å².